The van der Waals surface area contributed by atoms with Crippen molar-refractivity contribution in [1.29, 1.82) is 0 Å². The van der Waals surface area contributed by atoms with E-state index in [1.54, 1.807) is 24.2 Å². The van der Waals surface area contributed by atoms with Crippen LogP contribution in [0.15, 0.2) is 29.5 Å². The average Bonchev–Trinajstić information content (AvgIpc) is 2.90. The zero-order valence-corrected chi connectivity index (χ0v) is 17.4. The van der Waals surface area contributed by atoms with Gasteiger partial charge in [0.25, 0.3) is 5.56 Å². The van der Waals surface area contributed by atoms with Gasteiger partial charge in [-0.15, -0.1) is 0 Å². The molecule has 0 spiro atoms. The molecule has 1 aliphatic heterocycles. The lowest BCUT2D eigenvalue weighted by atomic mass is 10.1. The smallest absolute Gasteiger partial charge is 0.410 e. The van der Waals surface area contributed by atoms with Crippen molar-refractivity contribution in [2.75, 3.05) is 18.4 Å². The van der Waals surface area contributed by atoms with Gasteiger partial charge in [0.15, 0.2) is 0 Å². The van der Waals surface area contributed by atoms with Gasteiger partial charge in [0.05, 0.1) is 11.4 Å². The lowest BCUT2D eigenvalue weighted by Gasteiger charge is -2.26. The van der Waals surface area contributed by atoms with Gasteiger partial charge in [0.1, 0.15) is 11.9 Å². The number of amides is 1. The maximum absolute atomic E-state index is 12.4. The second kappa shape index (κ2) is 8.59. The second-order valence-electron chi connectivity index (χ2n) is 8.20. The predicted octanol–water partition coefficient (Wildman–Crippen LogP) is 2.44. The van der Waals surface area contributed by atoms with E-state index in [4.69, 9.17) is 4.74 Å². The van der Waals surface area contributed by atoms with E-state index in [0.717, 1.165) is 19.3 Å². The second-order valence-corrected chi connectivity index (χ2v) is 8.20. The Labute approximate surface area is 170 Å². The molecule has 0 saturated carbocycles. The van der Waals surface area contributed by atoms with E-state index in [1.807, 2.05) is 20.8 Å². The topological polar surface area (TPSA) is 102 Å². The Morgan fingerprint density at radius 2 is 2.03 bits per heavy atom. The van der Waals surface area contributed by atoms with Gasteiger partial charge in [-0.05, 0) is 46.1 Å². The number of nitrogens with zero attached hydrogens (tertiary/aromatic N) is 5. The Bertz CT molecular complexity index is 907. The van der Waals surface area contributed by atoms with Crippen LogP contribution >= 0.6 is 0 Å². The predicted molar refractivity (Wildman–Crippen MR) is 110 cm³/mol. The number of rotatable bonds is 3. The minimum absolute atomic E-state index is 0.0983. The van der Waals surface area contributed by atoms with E-state index < -0.39 is 5.60 Å². The molecule has 3 rings (SSSR count). The molecular weight excluding hydrogens is 372 g/mol. The third-order valence-electron chi connectivity index (χ3n) is 4.69. The fourth-order valence-electron chi connectivity index (χ4n) is 3.17. The Morgan fingerprint density at radius 3 is 2.72 bits per heavy atom. The summed E-state index contributed by atoms with van der Waals surface area (Å²) in [4.78, 5) is 39.1. The normalized spacial score (nSPS) is 17.5. The van der Waals surface area contributed by atoms with Crippen molar-refractivity contribution in [1.82, 2.24) is 24.4 Å². The van der Waals surface area contributed by atoms with Gasteiger partial charge in [0, 0.05) is 38.4 Å². The van der Waals surface area contributed by atoms with E-state index in [9.17, 15) is 9.59 Å². The lowest BCUT2D eigenvalue weighted by Crippen LogP contribution is -2.37. The zero-order chi connectivity index (χ0) is 21.0. The minimum atomic E-state index is -0.509. The van der Waals surface area contributed by atoms with Crippen molar-refractivity contribution >= 4 is 12.0 Å². The Hall–Kier alpha value is -2.97. The van der Waals surface area contributed by atoms with Gasteiger partial charge in [0.2, 0.25) is 5.95 Å². The van der Waals surface area contributed by atoms with E-state index in [-0.39, 0.29) is 17.7 Å². The quantitative estimate of drug-likeness (QED) is 0.844. The molecular formula is C20H28N6O3. The van der Waals surface area contributed by atoms with Crippen molar-refractivity contribution in [3.63, 3.8) is 0 Å². The van der Waals surface area contributed by atoms with Crippen LogP contribution < -0.4 is 10.9 Å². The Morgan fingerprint density at radius 1 is 1.24 bits per heavy atom. The zero-order valence-electron chi connectivity index (χ0n) is 17.4. The molecule has 0 radical (unpaired) electrons. The molecule has 3 heterocycles. The molecule has 2 aromatic heterocycles. The molecule has 1 aliphatic rings. The molecule has 1 fully saturated rings. The highest BCUT2D eigenvalue weighted by Crippen LogP contribution is 2.19. The largest absolute Gasteiger partial charge is 0.444 e. The SMILES string of the molecule is Cn1c(NC2CCCN(C(=O)OC(C)(C)C)CC2)nc(-c2ccncn2)cc1=O. The van der Waals surface area contributed by atoms with Crippen LogP contribution in [0.4, 0.5) is 10.7 Å². The molecule has 0 aliphatic carbocycles. The molecule has 1 saturated heterocycles. The van der Waals surface area contributed by atoms with Crippen LogP contribution in [0.2, 0.25) is 0 Å². The summed E-state index contributed by atoms with van der Waals surface area (Å²) in [5.74, 6) is 0.488. The van der Waals surface area contributed by atoms with Crippen LogP contribution in [0.5, 0.6) is 0 Å². The summed E-state index contributed by atoms with van der Waals surface area (Å²) in [7, 11) is 1.69. The van der Waals surface area contributed by atoms with Crippen LogP contribution in [0.3, 0.4) is 0 Å². The summed E-state index contributed by atoms with van der Waals surface area (Å²) in [6.45, 7) is 6.84. The molecule has 1 N–H and O–H groups in total. The number of carbonyl (C=O) groups excluding carboxylic acids is 1. The summed E-state index contributed by atoms with van der Waals surface area (Å²) in [5, 5.41) is 3.38. The maximum atomic E-state index is 12.4. The van der Waals surface area contributed by atoms with Crippen molar-refractivity contribution in [3.05, 3.63) is 35.0 Å². The molecule has 29 heavy (non-hydrogen) atoms. The van der Waals surface area contributed by atoms with Gasteiger partial charge < -0.3 is 15.0 Å². The molecule has 0 bridgehead atoms. The fourth-order valence-corrected chi connectivity index (χ4v) is 3.17. The number of carbonyl (C=O) groups is 1. The maximum Gasteiger partial charge on any atom is 0.410 e. The number of anilines is 1. The van der Waals surface area contributed by atoms with Crippen LogP contribution in [0, 0.1) is 0 Å². The summed E-state index contributed by atoms with van der Waals surface area (Å²) in [5.41, 5.74) is 0.421. The van der Waals surface area contributed by atoms with E-state index in [2.05, 4.69) is 20.3 Å². The highest BCUT2D eigenvalue weighted by molar-refractivity contribution is 5.68. The molecule has 9 nitrogen and oxygen atoms in total. The number of hydrogen-bond acceptors (Lipinski definition) is 7. The van der Waals surface area contributed by atoms with Crippen molar-refractivity contribution < 1.29 is 9.53 Å². The number of likely N-dealkylation sites (tertiary alicyclic amines) is 1. The van der Waals surface area contributed by atoms with Gasteiger partial charge in [-0.3, -0.25) is 9.36 Å². The number of ether oxygens (including phenoxy) is 1. The highest BCUT2D eigenvalue weighted by Gasteiger charge is 2.25. The fraction of sp³-hybridized carbons (Fsp3) is 0.550. The van der Waals surface area contributed by atoms with E-state index in [0.29, 0.717) is 30.4 Å². The first-order chi connectivity index (χ1) is 13.7. The van der Waals surface area contributed by atoms with Gasteiger partial charge in [-0.2, -0.15) is 0 Å². The summed E-state index contributed by atoms with van der Waals surface area (Å²) >= 11 is 0. The van der Waals surface area contributed by atoms with Gasteiger partial charge in [-0.25, -0.2) is 19.7 Å². The molecule has 0 aromatic carbocycles. The molecule has 1 atom stereocenters. The first-order valence-electron chi connectivity index (χ1n) is 9.82. The highest BCUT2D eigenvalue weighted by atomic mass is 16.6. The Kier molecular flexibility index (Phi) is 6.14. The summed E-state index contributed by atoms with van der Waals surface area (Å²) < 4.78 is 6.97. The van der Waals surface area contributed by atoms with Crippen LogP contribution in [0.25, 0.3) is 11.4 Å². The van der Waals surface area contributed by atoms with Gasteiger partial charge in [-0.1, -0.05) is 0 Å². The lowest BCUT2D eigenvalue weighted by molar-refractivity contribution is 0.0256. The number of hydrogen-bond donors (Lipinski definition) is 1. The summed E-state index contributed by atoms with van der Waals surface area (Å²) in [6.07, 6.45) is 5.22. The molecule has 9 heteroatoms. The Balaban J connectivity index is 1.71. The van der Waals surface area contributed by atoms with Crippen molar-refractivity contribution in [3.8, 4) is 11.4 Å². The van der Waals surface area contributed by atoms with E-state index >= 15 is 0 Å². The summed E-state index contributed by atoms with van der Waals surface area (Å²) in [6, 6.07) is 3.28. The van der Waals surface area contributed by atoms with Crippen molar-refractivity contribution in [2.45, 2.75) is 51.7 Å². The molecule has 1 amide bonds. The minimum Gasteiger partial charge on any atom is -0.444 e. The van der Waals surface area contributed by atoms with Crippen molar-refractivity contribution in [2.24, 2.45) is 7.05 Å². The number of aromatic nitrogens is 4. The first-order valence-corrected chi connectivity index (χ1v) is 9.82. The molecule has 2 aromatic rings. The van der Waals surface area contributed by atoms with Gasteiger partial charge >= 0.3 is 6.09 Å². The average molecular weight is 400 g/mol. The molecule has 156 valence electrons. The standard InChI is InChI=1S/C20H28N6O3/c1-20(2,3)29-19(28)26-10-5-6-14(8-11-26)23-18-24-16(12-17(27)25(18)4)15-7-9-21-13-22-15/h7,9,12-14H,5-6,8,10-11H2,1-4H3,(H,23,24). The monoisotopic (exact) mass is 400 g/mol. The molecule has 1 unspecified atom stereocenters. The third-order valence-corrected chi connectivity index (χ3v) is 4.69. The third kappa shape index (κ3) is 5.52. The van der Waals surface area contributed by atoms with E-state index in [1.165, 1.54) is 17.0 Å². The van der Waals surface area contributed by atoms with Crippen LogP contribution in [-0.4, -0.2) is 55.2 Å². The first kappa shape index (κ1) is 20.8. The van der Waals surface area contributed by atoms with Crippen LogP contribution in [-0.2, 0) is 11.8 Å². The van der Waals surface area contributed by atoms with Crippen LogP contribution in [0.1, 0.15) is 40.0 Å². The number of nitrogens with one attached hydrogen (secondary N) is 1.